The van der Waals surface area contributed by atoms with Gasteiger partial charge in [-0.05, 0) is 26.2 Å². The van der Waals surface area contributed by atoms with Gasteiger partial charge >= 0.3 is 0 Å². The van der Waals surface area contributed by atoms with Crippen molar-refractivity contribution in [2.24, 2.45) is 0 Å². The van der Waals surface area contributed by atoms with Crippen LogP contribution in [-0.2, 0) is 0 Å². The van der Waals surface area contributed by atoms with Gasteiger partial charge in [0.2, 0.25) is 0 Å². The van der Waals surface area contributed by atoms with Crippen LogP contribution in [0.15, 0.2) is 36.7 Å². The summed E-state index contributed by atoms with van der Waals surface area (Å²) in [6.07, 6.45) is 3.74. The Balaban J connectivity index is 2.29. The maximum absolute atomic E-state index is 4.75. The number of benzene rings is 1. The number of nitrogens with one attached hydrogen (secondary N) is 1. The molecule has 3 rings (SSSR count). The monoisotopic (exact) mass is 278 g/mol. The molecular weight excluding hydrogens is 260 g/mol. The first kappa shape index (κ1) is 13.5. The van der Waals surface area contributed by atoms with Gasteiger partial charge in [0.1, 0.15) is 5.69 Å². The van der Waals surface area contributed by atoms with E-state index < -0.39 is 0 Å². The van der Waals surface area contributed by atoms with E-state index >= 15 is 0 Å². The molecule has 0 amide bonds. The molecule has 0 aliphatic heterocycles. The third-order valence-electron chi connectivity index (χ3n) is 3.57. The molecule has 0 spiro atoms. The highest BCUT2D eigenvalue weighted by Crippen LogP contribution is 2.31. The minimum Gasteiger partial charge on any atom is -0.369 e. The molecular formula is C17H18N4. The molecule has 0 aliphatic carbocycles. The molecule has 0 aliphatic rings. The Kier molecular flexibility index (Phi) is 3.52. The largest absolute Gasteiger partial charge is 0.369 e. The smallest absolute Gasteiger partial charge is 0.153 e. The first-order valence-electron chi connectivity index (χ1n) is 7.13. The van der Waals surface area contributed by atoms with Crippen molar-refractivity contribution >= 4 is 16.6 Å². The van der Waals surface area contributed by atoms with Crippen molar-refractivity contribution in [3.05, 3.63) is 48.0 Å². The van der Waals surface area contributed by atoms with Crippen molar-refractivity contribution in [2.75, 3.05) is 11.9 Å². The van der Waals surface area contributed by atoms with Gasteiger partial charge in [0.15, 0.2) is 5.82 Å². The minimum atomic E-state index is 0.808. The molecule has 21 heavy (non-hydrogen) atoms. The molecule has 0 saturated heterocycles. The van der Waals surface area contributed by atoms with Gasteiger partial charge in [0, 0.05) is 29.9 Å². The number of hydrogen-bond donors (Lipinski definition) is 1. The Morgan fingerprint density at radius 2 is 1.76 bits per heavy atom. The fourth-order valence-corrected chi connectivity index (χ4v) is 2.39. The summed E-state index contributed by atoms with van der Waals surface area (Å²) in [7, 11) is 0. The summed E-state index contributed by atoms with van der Waals surface area (Å²) in [5, 5.41) is 5.56. The Hall–Kier alpha value is -2.49. The summed E-state index contributed by atoms with van der Waals surface area (Å²) in [6.45, 7) is 6.83. The fourth-order valence-electron chi connectivity index (χ4n) is 2.39. The molecule has 3 aromatic rings. The highest BCUT2D eigenvalue weighted by Gasteiger charge is 2.13. The predicted octanol–water partition coefficient (Wildman–Crippen LogP) is 3.74. The summed E-state index contributed by atoms with van der Waals surface area (Å²) in [6, 6.07) is 8.21. The van der Waals surface area contributed by atoms with E-state index in [1.165, 1.54) is 0 Å². The maximum atomic E-state index is 4.75. The van der Waals surface area contributed by atoms with E-state index in [0.29, 0.717) is 0 Å². The first-order valence-corrected chi connectivity index (χ1v) is 7.13. The molecule has 0 bridgehead atoms. The van der Waals surface area contributed by atoms with Gasteiger partial charge in [0.05, 0.1) is 11.4 Å². The van der Waals surface area contributed by atoms with Crippen molar-refractivity contribution < 1.29 is 0 Å². The third kappa shape index (κ3) is 2.44. The number of rotatable bonds is 3. The second-order valence-electron chi connectivity index (χ2n) is 5.03. The van der Waals surface area contributed by atoms with E-state index in [9.17, 15) is 0 Å². The number of nitrogens with zero attached hydrogens (tertiary/aromatic N) is 3. The highest BCUT2D eigenvalue weighted by molar-refractivity contribution is 5.97. The molecule has 2 heterocycles. The summed E-state index contributed by atoms with van der Waals surface area (Å²) >= 11 is 0. The standard InChI is InChI=1S/C17H18N4/c1-4-19-17-16(20-11(2)12(3)21-17)15-10-18-9-13-7-5-6-8-14(13)15/h5-10H,4H2,1-3H3,(H,19,21). The van der Waals surface area contributed by atoms with Gasteiger partial charge in [-0.2, -0.15) is 0 Å². The van der Waals surface area contributed by atoms with Crippen molar-refractivity contribution in [1.82, 2.24) is 15.0 Å². The maximum Gasteiger partial charge on any atom is 0.153 e. The van der Waals surface area contributed by atoms with Crippen LogP contribution >= 0.6 is 0 Å². The SMILES string of the molecule is CCNc1nc(C)c(C)nc1-c1cncc2ccccc12. The van der Waals surface area contributed by atoms with Crippen molar-refractivity contribution in [2.45, 2.75) is 20.8 Å². The lowest BCUT2D eigenvalue weighted by Crippen LogP contribution is -2.06. The second-order valence-corrected chi connectivity index (χ2v) is 5.03. The highest BCUT2D eigenvalue weighted by atomic mass is 15.0. The Morgan fingerprint density at radius 1 is 1.00 bits per heavy atom. The van der Waals surface area contributed by atoms with Crippen LogP contribution in [0, 0.1) is 13.8 Å². The van der Waals surface area contributed by atoms with E-state index in [4.69, 9.17) is 4.98 Å². The molecule has 4 nitrogen and oxygen atoms in total. The molecule has 0 atom stereocenters. The number of aryl methyl sites for hydroxylation is 2. The average molecular weight is 278 g/mol. The van der Waals surface area contributed by atoms with Crippen molar-refractivity contribution in [1.29, 1.82) is 0 Å². The van der Waals surface area contributed by atoms with Gasteiger partial charge in [-0.1, -0.05) is 24.3 Å². The zero-order valence-corrected chi connectivity index (χ0v) is 12.5. The molecule has 1 aromatic carbocycles. The fraction of sp³-hybridized carbons (Fsp3) is 0.235. The lowest BCUT2D eigenvalue weighted by molar-refractivity contribution is 1.03. The van der Waals surface area contributed by atoms with Gasteiger partial charge in [-0.15, -0.1) is 0 Å². The van der Waals surface area contributed by atoms with E-state index in [0.717, 1.165) is 45.8 Å². The van der Waals surface area contributed by atoms with Gasteiger partial charge in [-0.3, -0.25) is 4.98 Å². The molecule has 0 radical (unpaired) electrons. The third-order valence-corrected chi connectivity index (χ3v) is 3.57. The Morgan fingerprint density at radius 3 is 2.57 bits per heavy atom. The molecule has 0 fully saturated rings. The van der Waals surface area contributed by atoms with E-state index in [-0.39, 0.29) is 0 Å². The van der Waals surface area contributed by atoms with Crippen LogP contribution in [0.1, 0.15) is 18.3 Å². The van der Waals surface area contributed by atoms with E-state index in [2.05, 4.69) is 34.3 Å². The van der Waals surface area contributed by atoms with Crippen LogP contribution in [0.5, 0.6) is 0 Å². The van der Waals surface area contributed by atoms with Gasteiger partial charge in [-0.25, -0.2) is 9.97 Å². The van der Waals surface area contributed by atoms with Crippen LogP contribution in [0.25, 0.3) is 22.0 Å². The molecule has 1 N–H and O–H groups in total. The molecule has 0 saturated carbocycles. The molecule has 0 unspecified atom stereocenters. The van der Waals surface area contributed by atoms with Gasteiger partial charge in [0.25, 0.3) is 0 Å². The second kappa shape index (κ2) is 5.48. The molecule has 2 aromatic heterocycles. The van der Waals surface area contributed by atoms with E-state index in [1.807, 2.05) is 38.4 Å². The minimum absolute atomic E-state index is 0.808. The van der Waals surface area contributed by atoms with Crippen molar-refractivity contribution in [3.8, 4) is 11.3 Å². The normalized spacial score (nSPS) is 10.8. The van der Waals surface area contributed by atoms with Gasteiger partial charge < -0.3 is 5.32 Å². The number of fused-ring (bicyclic) bond motifs is 1. The van der Waals surface area contributed by atoms with Crippen LogP contribution in [-0.4, -0.2) is 21.5 Å². The first-order chi connectivity index (χ1) is 10.2. The number of anilines is 1. The Labute approximate surface area is 124 Å². The zero-order valence-electron chi connectivity index (χ0n) is 12.5. The zero-order chi connectivity index (χ0) is 14.8. The summed E-state index contributed by atoms with van der Waals surface area (Å²) < 4.78 is 0. The molecule has 4 heteroatoms. The topological polar surface area (TPSA) is 50.7 Å². The summed E-state index contributed by atoms with van der Waals surface area (Å²) in [4.78, 5) is 13.7. The number of hydrogen-bond acceptors (Lipinski definition) is 4. The Bertz CT molecular complexity index is 791. The van der Waals surface area contributed by atoms with Crippen LogP contribution in [0.3, 0.4) is 0 Å². The summed E-state index contributed by atoms with van der Waals surface area (Å²) in [5.41, 5.74) is 3.77. The molecule has 106 valence electrons. The number of aromatic nitrogens is 3. The van der Waals surface area contributed by atoms with E-state index in [1.54, 1.807) is 0 Å². The predicted molar refractivity (Wildman–Crippen MR) is 86.4 cm³/mol. The lowest BCUT2D eigenvalue weighted by atomic mass is 10.0. The lowest BCUT2D eigenvalue weighted by Gasteiger charge is -2.13. The average Bonchev–Trinajstić information content (AvgIpc) is 2.50. The van der Waals surface area contributed by atoms with Crippen LogP contribution < -0.4 is 5.32 Å². The number of pyridine rings is 1. The quantitative estimate of drug-likeness (QED) is 0.793. The van der Waals surface area contributed by atoms with Crippen LogP contribution in [0.2, 0.25) is 0 Å². The summed E-state index contributed by atoms with van der Waals surface area (Å²) in [5.74, 6) is 0.818. The van der Waals surface area contributed by atoms with Crippen LogP contribution in [0.4, 0.5) is 5.82 Å². The van der Waals surface area contributed by atoms with Crippen molar-refractivity contribution in [3.63, 3.8) is 0 Å².